The molecule has 0 N–H and O–H groups in total. The topological polar surface area (TPSA) is 85.4 Å². The summed E-state index contributed by atoms with van der Waals surface area (Å²) in [5.41, 5.74) is 2.66. The highest BCUT2D eigenvalue weighted by molar-refractivity contribution is 8.18. The maximum atomic E-state index is 13.0. The standard InChI is InChI=1S/C26H28N2O6S/c1-3-33-22-14-19(8-9-21(22)34-17-24(29)27-10-12-32-13-11-27)15-23-25(30)28(26(31)35-23)16-20-7-5-4-6-18(20)2/h4-9,14-15H,3,10-13,16-17H2,1-2H3/b23-15-. The predicted octanol–water partition coefficient (Wildman–Crippen LogP) is 3.87. The number of hydrogen-bond acceptors (Lipinski definition) is 7. The molecule has 2 aromatic rings. The van der Waals surface area contributed by atoms with E-state index >= 15 is 0 Å². The van der Waals surface area contributed by atoms with Gasteiger partial charge in [0.15, 0.2) is 18.1 Å². The fourth-order valence-corrected chi connectivity index (χ4v) is 4.63. The van der Waals surface area contributed by atoms with E-state index < -0.39 is 0 Å². The number of carbonyl (C=O) groups is 3. The summed E-state index contributed by atoms with van der Waals surface area (Å²) in [5, 5.41) is -0.295. The van der Waals surface area contributed by atoms with Crippen LogP contribution in [0.5, 0.6) is 11.5 Å². The van der Waals surface area contributed by atoms with E-state index in [0.29, 0.717) is 54.9 Å². The first kappa shape index (κ1) is 24.8. The van der Waals surface area contributed by atoms with E-state index in [0.717, 1.165) is 22.9 Å². The van der Waals surface area contributed by atoms with Crippen LogP contribution in [0.2, 0.25) is 0 Å². The fourth-order valence-electron chi connectivity index (χ4n) is 3.79. The largest absolute Gasteiger partial charge is 0.490 e. The smallest absolute Gasteiger partial charge is 0.293 e. The van der Waals surface area contributed by atoms with Crippen LogP contribution in [-0.2, 0) is 20.9 Å². The van der Waals surface area contributed by atoms with E-state index in [1.165, 1.54) is 4.90 Å². The van der Waals surface area contributed by atoms with Crippen LogP contribution in [0.1, 0.15) is 23.6 Å². The third-order valence-corrected chi connectivity index (χ3v) is 6.65. The van der Waals surface area contributed by atoms with Crippen molar-refractivity contribution in [3.05, 3.63) is 64.1 Å². The van der Waals surface area contributed by atoms with Crippen molar-refractivity contribution in [3.63, 3.8) is 0 Å². The molecule has 0 aromatic heterocycles. The number of imide groups is 1. The lowest BCUT2D eigenvalue weighted by atomic mass is 10.1. The minimum atomic E-state index is -0.322. The Hall–Kier alpha value is -3.30. The molecule has 0 unspecified atom stereocenters. The molecule has 0 spiro atoms. The van der Waals surface area contributed by atoms with E-state index in [2.05, 4.69) is 0 Å². The highest BCUT2D eigenvalue weighted by Crippen LogP contribution is 2.35. The number of nitrogens with zero attached hydrogens (tertiary/aromatic N) is 2. The summed E-state index contributed by atoms with van der Waals surface area (Å²) in [5.74, 6) is 0.480. The number of benzene rings is 2. The first-order valence-corrected chi connectivity index (χ1v) is 12.3. The zero-order valence-corrected chi connectivity index (χ0v) is 20.6. The van der Waals surface area contributed by atoms with Crippen molar-refractivity contribution in [2.75, 3.05) is 39.5 Å². The summed E-state index contributed by atoms with van der Waals surface area (Å²) in [6, 6.07) is 12.9. The summed E-state index contributed by atoms with van der Waals surface area (Å²) in [6.45, 7) is 6.52. The summed E-state index contributed by atoms with van der Waals surface area (Å²) >= 11 is 0.921. The first-order chi connectivity index (χ1) is 17.0. The molecule has 3 amide bonds. The lowest BCUT2D eigenvalue weighted by molar-refractivity contribution is -0.137. The molecular formula is C26H28N2O6S. The minimum Gasteiger partial charge on any atom is -0.490 e. The van der Waals surface area contributed by atoms with Crippen molar-refractivity contribution in [2.45, 2.75) is 20.4 Å². The van der Waals surface area contributed by atoms with Gasteiger partial charge in [-0.3, -0.25) is 19.3 Å². The number of carbonyl (C=O) groups excluding carboxylic acids is 3. The van der Waals surface area contributed by atoms with Gasteiger partial charge < -0.3 is 19.1 Å². The average Bonchev–Trinajstić information content (AvgIpc) is 3.12. The summed E-state index contributed by atoms with van der Waals surface area (Å²) in [4.78, 5) is 41.2. The van der Waals surface area contributed by atoms with Gasteiger partial charge in [0.05, 0.1) is 31.3 Å². The van der Waals surface area contributed by atoms with Crippen LogP contribution in [0.3, 0.4) is 0 Å². The number of ether oxygens (including phenoxy) is 3. The summed E-state index contributed by atoms with van der Waals surface area (Å²) in [7, 11) is 0. The molecule has 4 rings (SSSR count). The van der Waals surface area contributed by atoms with Gasteiger partial charge >= 0.3 is 0 Å². The minimum absolute atomic E-state index is 0.1000. The second-order valence-electron chi connectivity index (χ2n) is 8.12. The van der Waals surface area contributed by atoms with Crippen molar-refractivity contribution >= 4 is 34.9 Å². The monoisotopic (exact) mass is 496 g/mol. The van der Waals surface area contributed by atoms with Crippen LogP contribution < -0.4 is 9.47 Å². The Bertz CT molecular complexity index is 1140. The van der Waals surface area contributed by atoms with E-state index in [1.54, 1.807) is 29.2 Å². The molecule has 9 heteroatoms. The van der Waals surface area contributed by atoms with Crippen molar-refractivity contribution in [1.29, 1.82) is 0 Å². The third-order valence-electron chi connectivity index (χ3n) is 5.74. The highest BCUT2D eigenvalue weighted by Gasteiger charge is 2.35. The van der Waals surface area contributed by atoms with E-state index in [-0.39, 0.29) is 30.2 Å². The summed E-state index contributed by atoms with van der Waals surface area (Å²) in [6.07, 6.45) is 1.67. The number of thioether (sulfide) groups is 1. The molecule has 2 aliphatic heterocycles. The average molecular weight is 497 g/mol. The predicted molar refractivity (Wildman–Crippen MR) is 133 cm³/mol. The Kier molecular flexibility index (Phi) is 8.09. The Labute approximate surface area is 208 Å². The zero-order chi connectivity index (χ0) is 24.8. The fraction of sp³-hybridized carbons (Fsp3) is 0.346. The van der Waals surface area contributed by atoms with Gasteiger partial charge in [0, 0.05) is 13.1 Å². The van der Waals surface area contributed by atoms with Crippen molar-refractivity contribution in [1.82, 2.24) is 9.80 Å². The normalized spacial score (nSPS) is 17.3. The van der Waals surface area contributed by atoms with Crippen LogP contribution in [0, 0.1) is 6.92 Å². The lowest BCUT2D eigenvalue weighted by Crippen LogP contribution is -2.43. The molecule has 0 bridgehead atoms. The van der Waals surface area contributed by atoms with Crippen LogP contribution in [0.4, 0.5) is 4.79 Å². The van der Waals surface area contributed by atoms with Crippen LogP contribution in [-0.4, -0.2) is 66.4 Å². The van der Waals surface area contributed by atoms with Gasteiger partial charge in [-0.05, 0) is 60.5 Å². The van der Waals surface area contributed by atoms with E-state index in [1.807, 2.05) is 38.1 Å². The molecule has 0 saturated carbocycles. The molecule has 184 valence electrons. The van der Waals surface area contributed by atoms with Gasteiger partial charge in [-0.25, -0.2) is 0 Å². The van der Waals surface area contributed by atoms with Gasteiger partial charge in [0.2, 0.25) is 0 Å². The molecule has 0 aliphatic carbocycles. The zero-order valence-electron chi connectivity index (χ0n) is 19.8. The van der Waals surface area contributed by atoms with E-state index in [4.69, 9.17) is 14.2 Å². The Morgan fingerprint density at radius 1 is 1.09 bits per heavy atom. The first-order valence-electron chi connectivity index (χ1n) is 11.5. The van der Waals surface area contributed by atoms with E-state index in [9.17, 15) is 14.4 Å². The second kappa shape index (κ2) is 11.4. The van der Waals surface area contributed by atoms with Crippen LogP contribution in [0.25, 0.3) is 6.08 Å². The molecular weight excluding hydrogens is 468 g/mol. The van der Waals surface area contributed by atoms with Crippen LogP contribution >= 0.6 is 11.8 Å². The molecule has 0 radical (unpaired) electrons. The second-order valence-corrected chi connectivity index (χ2v) is 9.11. The number of aryl methyl sites for hydroxylation is 1. The third kappa shape index (κ3) is 6.04. The van der Waals surface area contributed by atoms with Gasteiger partial charge in [0.1, 0.15) is 0 Å². The van der Waals surface area contributed by atoms with Gasteiger partial charge in [-0.15, -0.1) is 0 Å². The maximum absolute atomic E-state index is 13.0. The molecule has 2 aliphatic rings. The van der Waals surface area contributed by atoms with Crippen molar-refractivity contribution in [2.24, 2.45) is 0 Å². The lowest BCUT2D eigenvalue weighted by Gasteiger charge is -2.26. The number of hydrogen-bond donors (Lipinski definition) is 0. The maximum Gasteiger partial charge on any atom is 0.293 e. The van der Waals surface area contributed by atoms with Crippen LogP contribution in [0.15, 0.2) is 47.4 Å². The Morgan fingerprint density at radius 2 is 1.86 bits per heavy atom. The number of morpholine rings is 1. The Morgan fingerprint density at radius 3 is 2.60 bits per heavy atom. The molecule has 35 heavy (non-hydrogen) atoms. The molecule has 2 saturated heterocycles. The molecule has 2 heterocycles. The number of rotatable bonds is 8. The van der Waals surface area contributed by atoms with Gasteiger partial charge in [-0.2, -0.15) is 0 Å². The highest BCUT2D eigenvalue weighted by atomic mass is 32.2. The molecule has 8 nitrogen and oxygen atoms in total. The SMILES string of the molecule is CCOc1cc(/C=C2\SC(=O)N(Cc3ccccc3C)C2=O)ccc1OCC(=O)N1CCOCC1. The van der Waals surface area contributed by atoms with Gasteiger partial charge in [-0.1, -0.05) is 30.3 Å². The quantitative estimate of drug-likeness (QED) is 0.513. The molecule has 0 atom stereocenters. The van der Waals surface area contributed by atoms with Crippen molar-refractivity contribution in [3.8, 4) is 11.5 Å². The van der Waals surface area contributed by atoms with Crippen molar-refractivity contribution < 1.29 is 28.6 Å². The van der Waals surface area contributed by atoms with Gasteiger partial charge in [0.25, 0.3) is 17.1 Å². The molecule has 2 aromatic carbocycles. The number of amides is 3. The molecule has 2 fully saturated rings. The summed E-state index contributed by atoms with van der Waals surface area (Å²) < 4.78 is 16.7. The Balaban J connectivity index is 1.46.